The Hall–Kier alpha value is -1.60. The van der Waals surface area contributed by atoms with Crippen LogP contribution >= 0.6 is 11.6 Å². The summed E-state index contributed by atoms with van der Waals surface area (Å²) in [5.41, 5.74) is -2.69. The van der Waals surface area contributed by atoms with Gasteiger partial charge in [0.25, 0.3) is 5.56 Å². The van der Waals surface area contributed by atoms with Gasteiger partial charge in [-0.25, -0.2) is 9.78 Å². The first kappa shape index (κ1) is 19.7. The van der Waals surface area contributed by atoms with E-state index < -0.39 is 22.7 Å². The monoisotopic (exact) mass is 371 g/mol. The molecule has 1 amide bonds. The summed E-state index contributed by atoms with van der Waals surface area (Å²) >= 11 is 5.71. The van der Waals surface area contributed by atoms with Gasteiger partial charge in [-0.3, -0.25) is 9.36 Å². The normalized spacial score (nSPS) is 23.4. The lowest BCUT2D eigenvalue weighted by Crippen LogP contribution is -2.61. The van der Waals surface area contributed by atoms with Crippen molar-refractivity contribution >= 4 is 17.7 Å². The van der Waals surface area contributed by atoms with E-state index in [-0.39, 0.29) is 17.3 Å². The van der Waals surface area contributed by atoms with Gasteiger partial charge in [-0.2, -0.15) is 0 Å². The highest BCUT2D eigenvalue weighted by Crippen LogP contribution is 2.40. The van der Waals surface area contributed by atoms with Crippen LogP contribution in [0.5, 0.6) is 0 Å². The molecule has 2 rings (SSSR count). The molecule has 1 fully saturated rings. The molecular weight excluding hydrogens is 346 g/mol. The Bertz CT molecular complexity index is 711. The van der Waals surface area contributed by atoms with Crippen LogP contribution in [0, 0.1) is 5.41 Å². The van der Waals surface area contributed by atoms with Gasteiger partial charge in [0.15, 0.2) is 0 Å². The quantitative estimate of drug-likeness (QED) is 0.806. The number of rotatable bonds is 2. The molecule has 1 aromatic heterocycles. The third kappa shape index (κ3) is 4.52. The minimum absolute atomic E-state index is 0.0885. The molecule has 1 atom stereocenters. The van der Waals surface area contributed by atoms with Crippen LogP contribution in [0.15, 0.2) is 17.2 Å². The second-order valence-electron chi connectivity index (χ2n) is 8.25. The molecular formula is C17H26ClN3O4. The minimum Gasteiger partial charge on any atom is -0.444 e. The fraction of sp³-hybridized carbons (Fsp3) is 0.706. The molecule has 0 saturated carbocycles. The van der Waals surface area contributed by atoms with Crippen molar-refractivity contribution in [2.45, 2.75) is 58.8 Å². The molecule has 1 saturated heterocycles. The third-order valence-electron chi connectivity index (χ3n) is 4.57. The van der Waals surface area contributed by atoms with E-state index in [4.69, 9.17) is 16.3 Å². The highest BCUT2D eigenvalue weighted by atomic mass is 35.5. The van der Waals surface area contributed by atoms with Crippen molar-refractivity contribution in [2.75, 3.05) is 13.1 Å². The SMILES string of the molecule is CC(C)(C)OC(=O)N1CC[C@](O)(Cn2cnc(Cl)cc2=O)C(C)(C)C1. The van der Waals surface area contributed by atoms with Crippen molar-refractivity contribution in [3.63, 3.8) is 0 Å². The maximum absolute atomic E-state index is 12.3. The fourth-order valence-corrected chi connectivity index (χ4v) is 3.08. The van der Waals surface area contributed by atoms with Crippen LogP contribution < -0.4 is 5.56 Å². The van der Waals surface area contributed by atoms with E-state index >= 15 is 0 Å². The number of likely N-dealkylation sites (tertiary alicyclic amines) is 1. The zero-order valence-electron chi connectivity index (χ0n) is 15.4. The van der Waals surface area contributed by atoms with Crippen LogP contribution in [0.25, 0.3) is 0 Å². The van der Waals surface area contributed by atoms with Crippen LogP contribution in [0.4, 0.5) is 4.79 Å². The number of carbonyl (C=O) groups is 1. The Labute approximate surface area is 152 Å². The number of aliphatic hydroxyl groups is 1. The van der Waals surface area contributed by atoms with E-state index in [1.54, 1.807) is 4.90 Å². The topological polar surface area (TPSA) is 84.7 Å². The summed E-state index contributed by atoms with van der Waals surface area (Å²) in [5, 5.41) is 11.3. The Balaban J connectivity index is 2.16. The molecule has 0 aliphatic carbocycles. The summed E-state index contributed by atoms with van der Waals surface area (Å²) in [7, 11) is 0. The zero-order valence-corrected chi connectivity index (χ0v) is 16.1. The van der Waals surface area contributed by atoms with Gasteiger partial charge >= 0.3 is 6.09 Å². The lowest BCUT2D eigenvalue weighted by Gasteiger charge is -2.50. The number of amides is 1. The average Bonchev–Trinajstić information content (AvgIpc) is 2.43. The molecule has 8 heteroatoms. The highest BCUT2D eigenvalue weighted by molar-refractivity contribution is 6.29. The molecule has 7 nitrogen and oxygen atoms in total. The Morgan fingerprint density at radius 3 is 2.60 bits per heavy atom. The molecule has 140 valence electrons. The van der Waals surface area contributed by atoms with Gasteiger partial charge in [0.05, 0.1) is 18.5 Å². The van der Waals surface area contributed by atoms with Gasteiger partial charge in [-0.1, -0.05) is 25.4 Å². The van der Waals surface area contributed by atoms with Crippen LogP contribution in [0.1, 0.15) is 41.0 Å². The maximum Gasteiger partial charge on any atom is 0.410 e. The summed E-state index contributed by atoms with van der Waals surface area (Å²) in [4.78, 5) is 29.8. The number of aromatic nitrogens is 2. The number of ether oxygens (including phenoxy) is 1. The zero-order chi connectivity index (χ0) is 19.0. The van der Waals surface area contributed by atoms with Gasteiger partial charge in [0, 0.05) is 24.6 Å². The third-order valence-corrected chi connectivity index (χ3v) is 4.78. The molecule has 25 heavy (non-hydrogen) atoms. The molecule has 1 N–H and O–H groups in total. The maximum atomic E-state index is 12.3. The van der Waals surface area contributed by atoms with E-state index in [2.05, 4.69) is 4.98 Å². The Kier molecular flexibility index (Phi) is 5.21. The van der Waals surface area contributed by atoms with Gasteiger partial charge in [0.2, 0.25) is 0 Å². The standard InChI is InChI=1S/C17H26ClN3O4/c1-15(2,3)25-14(23)20-7-6-17(24,16(4,5)9-20)10-21-11-19-12(18)8-13(21)22/h8,11,24H,6-7,9-10H2,1-5H3/t17-/m0/s1. The molecule has 0 radical (unpaired) electrons. The number of nitrogens with zero attached hydrogens (tertiary/aromatic N) is 3. The minimum atomic E-state index is -1.16. The molecule has 0 bridgehead atoms. The van der Waals surface area contributed by atoms with Crippen molar-refractivity contribution in [1.82, 2.24) is 14.5 Å². The average molecular weight is 372 g/mol. The van der Waals surface area contributed by atoms with Crippen LogP contribution in [0.2, 0.25) is 5.15 Å². The van der Waals surface area contributed by atoms with E-state index in [9.17, 15) is 14.7 Å². The smallest absolute Gasteiger partial charge is 0.410 e. The lowest BCUT2D eigenvalue weighted by molar-refractivity contribution is -0.127. The summed E-state index contributed by atoms with van der Waals surface area (Å²) in [6.07, 6.45) is 1.26. The van der Waals surface area contributed by atoms with Crippen molar-refractivity contribution in [1.29, 1.82) is 0 Å². The fourth-order valence-electron chi connectivity index (χ4n) is 2.94. The summed E-state index contributed by atoms with van der Waals surface area (Å²) < 4.78 is 6.76. The van der Waals surface area contributed by atoms with Crippen LogP contribution in [-0.4, -0.2) is 49.9 Å². The van der Waals surface area contributed by atoms with Crippen LogP contribution in [0.3, 0.4) is 0 Å². The first-order valence-electron chi connectivity index (χ1n) is 8.25. The lowest BCUT2D eigenvalue weighted by atomic mass is 9.70. The number of hydrogen-bond acceptors (Lipinski definition) is 5. The molecule has 0 aromatic carbocycles. The van der Waals surface area contributed by atoms with Gasteiger partial charge < -0.3 is 14.7 Å². The van der Waals surface area contributed by atoms with Crippen molar-refractivity contribution in [3.05, 3.63) is 27.9 Å². The molecule has 0 spiro atoms. The molecule has 2 heterocycles. The largest absolute Gasteiger partial charge is 0.444 e. The first-order chi connectivity index (χ1) is 11.3. The summed E-state index contributed by atoms with van der Waals surface area (Å²) in [5.74, 6) is 0. The number of hydrogen-bond donors (Lipinski definition) is 1. The summed E-state index contributed by atoms with van der Waals surface area (Å²) in [6.45, 7) is 9.96. The number of carbonyl (C=O) groups excluding carboxylic acids is 1. The van der Waals surface area contributed by atoms with E-state index in [0.717, 1.165) is 0 Å². The predicted octanol–water partition coefficient (Wildman–Crippen LogP) is 2.29. The van der Waals surface area contributed by atoms with Crippen LogP contribution in [-0.2, 0) is 11.3 Å². The predicted molar refractivity (Wildman–Crippen MR) is 94.7 cm³/mol. The Morgan fingerprint density at radius 2 is 2.08 bits per heavy atom. The molecule has 1 aliphatic heterocycles. The van der Waals surface area contributed by atoms with E-state index in [0.29, 0.717) is 19.5 Å². The molecule has 0 unspecified atom stereocenters. The van der Waals surface area contributed by atoms with E-state index in [1.807, 2.05) is 34.6 Å². The number of halogens is 1. The van der Waals surface area contributed by atoms with E-state index in [1.165, 1.54) is 17.0 Å². The molecule has 1 aliphatic rings. The van der Waals surface area contributed by atoms with Gasteiger partial charge in [-0.15, -0.1) is 0 Å². The van der Waals surface area contributed by atoms with Crippen molar-refractivity contribution in [2.24, 2.45) is 5.41 Å². The Morgan fingerprint density at radius 1 is 1.44 bits per heavy atom. The second kappa shape index (κ2) is 6.61. The number of piperidine rings is 1. The van der Waals surface area contributed by atoms with Crippen molar-refractivity contribution < 1.29 is 14.6 Å². The first-order valence-corrected chi connectivity index (χ1v) is 8.63. The van der Waals surface area contributed by atoms with Gasteiger partial charge in [-0.05, 0) is 27.2 Å². The second-order valence-corrected chi connectivity index (χ2v) is 8.63. The van der Waals surface area contributed by atoms with Crippen molar-refractivity contribution in [3.8, 4) is 0 Å². The molecule has 1 aromatic rings. The summed E-state index contributed by atoms with van der Waals surface area (Å²) in [6, 6.07) is 1.22. The highest BCUT2D eigenvalue weighted by Gasteiger charge is 2.49. The van der Waals surface area contributed by atoms with Gasteiger partial charge in [0.1, 0.15) is 10.8 Å².